The first-order chi connectivity index (χ1) is 16.6. The lowest BCUT2D eigenvalue weighted by Crippen LogP contribution is -2.20. The van der Waals surface area contributed by atoms with E-state index in [2.05, 4.69) is 37.0 Å². The Kier molecular flexibility index (Phi) is 5.89. The molecule has 0 aliphatic carbocycles. The van der Waals surface area contributed by atoms with Crippen molar-refractivity contribution < 1.29 is 4.79 Å². The molecule has 0 radical (unpaired) electrons. The van der Waals surface area contributed by atoms with Crippen LogP contribution in [0.25, 0.3) is 16.9 Å². The number of nitrogens with two attached hydrogens (primary N) is 1. The first-order valence-corrected chi connectivity index (χ1v) is 11.1. The van der Waals surface area contributed by atoms with Crippen molar-refractivity contribution in [2.45, 2.75) is 19.3 Å². The largest absolute Gasteiger partial charge is 0.369 e. The zero-order valence-corrected chi connectivity index (χ0v) is 18.8. The minimum absolute atomic E-state index is 0.278. The Labute approximate surface area is 197 Å². The first kappa shape index (κ1) is 21.6. The number of aromatic nitrogens is 5. The first-order valence-electron chi connectivity index (χ1n) is 11.1. The van der Waals surface area contributed by atoms with Crippen LogP contribution in [-0.2, 0) is 0 Å². The molecular formula is C25H24N8O. The van der Waals surface area contributed by atoms with Gasteiger partial charge in [0.05, 0.1) is 17.8 Å². The highest BCUT2D eigenvalue weighted by Gasteiger charge is 2.28. The van der Waals surface area contributed by atoms with Gasteiger partial charge in [0.2, 0.25) is 5.95 Å². The molecule has 1 aliphatic rings. The molecule has 5 rings (SSSR count). The minimum Gasteiger partial charge on any atom is -0.369 e. The molecule has 0 spiro atoms. The van der Waals surface area contributed by atoms with Gasteiger partial charge in [-0.2, -0.15) is 0 Å². The number of imidazole rings is 1. The molecular weight excluding hydrogens is 428 g/mol. The zero-order valence-electron chi connectivity index (χ0n) is 18.8. The number of amides is 1. The topological polar surface area (TPSA) is 114 Å². The fourth-order valence-electron chi connectivity index (χ4n) is 4.25. The molecule has 1 amide bonds. The predicted molar refractivity (Wildman–Crippen MR) is 130 cm³/mol. The van der Waals surface area contributed by atoms with Gasteiger partial charge in [-0.1, -0.05) is 12.0 Å². The normalized spacial score (nSPS) is 15.7. The van der Waals surface area contributed by atoms with E-state index in [0.29, 0.717) is 17.6 Å². The molecule has 0 saturated carbocycles. The van der Waals surface area contributed by atoms with Crippen LogP contribution in [0.2, 0.25) is 0 Å². The average molecular weight is 453 g/mol. The summed E-state index contributed by atoms with van der Waals surface area (Å²) in [5, 5.41) is 2.74. The number of pyridine rings is 2. The molecule has 170 valence electrons. The van der Waals surface area contributed by atoms with Crippen LogP contribution in [0, 0.1) is 11.8 Å². The molecule has 9 heteroatoms. The SMILES string of the molecule is CC#CCN1CCC(c2nc(-c3ccc(C(=O)Nc4ccccn4)nc3)n3c(N)nccc23)C1. The lowest BCUT2D eigenvalue weighted by atomic mass is 10.0. The van der Waals surface area contributed by atoms with E-state index < -0.39 is 0 Å². The Morgan fingerprint density at radius 2 is 2.09 bits per heavy atom. The molecule has 4 aromatic heterocycles. The molecule has 5 heterocycles. The van der Waals surface area contributed by atoms with E-state index in [1.165, 1.54) is 0 Å². The maximum absolute atomic E-state index is 12.5. The van der Waals surface area contributed by atoms with Crippen molar-refractivity contribution in [3.05, 3.63) is 66.4 Å². The van der Waals surface area contributed by atoms with Gasteiger partial charge in [0.1, 0.15) is 17.3 Å². The Balaban J connectivity index is 1.44. The van der Waals surface area contributed by atoms with Gasteiger partial charge in [-0.25, -0.2) is 15.0 Å². The lowest BCUT2D eigenvalue weighted by Gasteiger charge is -2.11. The molecule has 9 nitrogen and oxygen atoms in total. The number of nitrogens with one attached hydrogen (secondary N) is 1. The van der Waals surface area contributed by atoms with E-state index in [9.17, 15) is 4.79 Å². The van der Waals surface area contributed by atoms with Gasteiger partial charge in [0.15, 0.2) is 0 Å². The molecule has 1 saturated heterocycles. The lowest BCUT2D eigenvalue weighted by molar-refractivity contribution is 0.102. The third-order valence-electron chi connectivity index (χ3n) is 5.91. The summed E-state index contributed by atoms with van der Waals surface area (Å²) in [6, 6.07) is 10.7. The van der Waals surface area contributed by atoms with E-state index in [1.54, 1.807) is 42.9 Å². The van der Waals surface area contributed by atoms with Crippen LogP contribution in [0.5, 0.6) is 0 Å². The predicted octanol–water partition coefficient (Wildman–Crippen LogP) is 2.83. The summed E-state index contributed by atoms with van der Waals surface area (Å²) < 4.78 is 1.86. The number of nitrogen functional groups attached to an aromatic ring is 1. The highest BCUT2D eigenvalue weighted by molar-refractivity contribution is 6.02. The second-order valence-electron chi connectivity index (χ2n) is 8.09. The van der Waals surface area contributed by atoms with E-state index >= 15 is 0 Å². The smallest absolute Gasteiger partial charge is 0.275 e. The number of nitrogens with zero attached hydrogens (tertiary/aromatic N) is 6. The number of carbonyl (C=O) groups excluding carboxylic acids is 1. The van der Waals surface area contributed by atoms with E-state index in [0.717, 1.165) is 42.8 Å². The van der Waals surface area contributed by atoms with E-state index in [4.69, 9.17) is 10.7 Å². The summed E-state index contributed by atoms with van der Waals surface area (Å²) >= 11 is 0. The Morgan fingerprint density at radius 3 is 2.85 bits per heavy atom. The van der Waals surface area contributed by atoms with E-state index in [-0.39, 0.29) is 17.5 Å². The molecule has 0 bridgehead atoms. The van der Waals surface area contributed by atoms with Crippen LogP contribution in [0.3, 0.4) is 0 Å². The fourth-order valence-corrected chi connectivity index (χ4v) is 4.25. The standard InChI is InChI=1S/C25H24N8O/c1-2-3-13-32-14-10-18(16-32)22-20-9-12-28-25(26)33(20)23(31-22)17-7-8-19(29-15-17)24(34)30-21-6-4-5-11-27-21/h4-9,11-12,15,18H,10,13-14,16H2,1H3,(H2,26,28)(H,27,30,34). The monoisotopic (exact) mass is 452 g/mol. The van der Waals surface area contributed by atoms with Gasteiger partial charge in [-0.15, -0.1) is 5.92 Å². The Hall–Kier alpha value is -4.29. The van der Waals surface area contributed by atoms with Gasteiger partial charge in [-0.3, -0.25) is 19.1 Å². The van der Waals surface area contributed by atoms with Crippen molar-refractivity contribution >= 4 is 23.2 Å². The molecule has 1 aliphatic heterocycles. The summed E-state index contributed by atoms with van der Waals surface area (Å²) in [6.07, 6.45) is 5.96. The molecule has 0 aromatic carbocycles. The zero-order chi connectivity index (χ0) is 23.5. The second-order valence-corrected chi connectivity index (χ2v) is 8.09. The minimum atomic E-state index is -0.332. The van der Waals surface area contributed by atoms with E-state index in [1.807, 2.05) is 23.5 Å². The van der Waals surface area contributed by atoms with Crippen molar-refractivity contribution in [2.24, 2.45) is 0 Å². The molecule has 1 unspecified atom stereocenters. The van der Waals surface area contributed by atoms with Crippen LogP contribution in [-0.4, -0.2) is 54.8 Å². The second kappa shape index (κ2) is 9.29. The van der Waals surface area contributed by atoms with Crippen molar-refractivity contribution in [2.75, 3.05) is 30.7 Å². The molecule has 3 N–H and O–H groups in total. The average Bonchev–Trinajstić information content (AvgIpc) is 3.49. The third kappa shape index (κ3) is 4.19. The number of hydrogen-bond donors (Lipinski definition) is 2. The quantitative estimate of drug-likeness (QED) is 0.448. The van der Waals surface area contributed by atoms with Crippen molar-refractivity contribution in [3.8, 4) is 23.2 Å². The highest BCUT2D eigenvalue weighted by atomic mass is 16.1. The summed E-state index contributed by atoms with van der Waals surface area (Å²) in [5.41, 5.74) is 9.22. The Morgan fingerprint density at radius 1 is 1.18 bits per heavy atom. The van der Waals surface area contributed by atoms with Crippen LogP contribution in [0.1, 0.15) is 35.4 Å². The fraction of sp³-hybridized carbons (Fsp3) is 0.240. The Bertz CT molecular complexity index is 1390. The number of fused-ring (bicyclic) bond motifs is 1. The number of rotatable bonds is 5. The highest BCUT2D eigenvalue weighted by Crippen LogP contribution is 2.33. The number of likely N-dealkylation sites (tertiary alicyclic amines) is 1. The summed E-state index contributed by atoms with van der Waals surface area (Å²) in [5.74, 6) is 7.54. The summed E-state index contributed by atoms with van der Waals surface area (Å²) in [7, 11) is 0. The van der Waals surface area contributed by atoms with Crippen LogP contribution < -0.4 is 11.1 Å². The third-order valence-corrected chi connectivity index (χ3v) is 5.91. The van der Waals surface area contributed by atoms with Crippen molar-refractivity contribution in [1.29, 1.82) is 0 Å². The van der Waals surface area contributed by atoms with Crippen LogP contribution in [0.15, 0.2) is 55.0 Å². The molecule has 34 heavy (non-hydrogen) atoms. The number of carbonyl (C=O) groups is 1. The van der Waals surface area contributed by atoms with Crippen LogP contribution in [0.4, 0.5) is 11.8 Å². The summed E-state index contributed by atoms with van der Waals surface area (Å²) in [4.78, 5) is 32.6. The molecule has 1 atom stereocenters. The van der Waals surface area contributed by atoms with Crippen molar-refractivity contribution in [3.63, 3.8) is 0 Å². The van der Waals surface area contributed by atoms with Crippen LogP contribution >= 0.6 is 0 Å². The van der Waals surface area contributed by atoms with Gasteiger partial charge < -0.3 is 11.1 Å². The van der Waals surface area contributed by atoms with Gasteiger partial charge in [0.25, 0.3) is 5.91 Å². The number of anilines is 2. The van der Waals surface area contributed by atoms with Crippen molar-refractivity contribution in [1.82, 2.24) is 29.2 Å². The van der Waals surface area contributed by atoms with Gasteiger partial charge >= 0.3 is 0 Å². The van der Waals surface area contributed by atoms with Gasteiger partial charge in [0, 0.05) is 36.6 Å². The molecule has 1 fully saturated rings. The maximum atomic E-state index is 12.5. The number of hydrogen-bond acceptors (Lipinski definition) is 7. The maximum Gasteiger partial charge on any atom is 0.275 e. The van der Waals surface area contributed by atoms with Gasteiger partial charge in [-0.05, 0) is 50.2 Å². The summed E-state index contributed by atoms with van der Waals surface area (Å²) in [6.45, 7) is 4.51. The molecule has 4 aromatic rings.